The van der Waals surface area contributed by atoms with Crippen molar-refractivity contribution in [3.05, 3.63) is 61.5 Å². The molecule has 0 spiro atoms. The molecule has 11 heteroatoms. The predicted octanol–water partition coefficient (Wildman–Crippen LogP) is 7.93. The maximum atomic E-state index is 12.9. The summed E-state index contributed by atoms with van der Waals surface area (Å²) in [5.41, 5.74) is 1.61. The summed E-state index contributed by atoms with van der Waals surface area (Å²) in [5, 5.41) is 17.4. The van der Waals surface area contributed by atoms with Crippen LogP contribution in [0.15, 0.2) is 50.5 Å². The third kappa shape index (κ3) is 5.81. The second kappa shape index (κ2) is 11.8. The molecule has 0 bridgehead atoms. The molecule has 0 saturated heterocycles. The Bertz CT molecular complexity index is 1390. The molecule has 0 unspecified atom stereocenters. The van der Waals surface area contributed by atoms with Gasteiger partial charge < -0.3 is 9.47 Å². The maximum absolute atomic E-state index is 12.9. The molecule has 1 amide bonds. The first-order chi connectivity index (χ1) is 18.3. The number of amidine groups is 2. The molecule has 198 valence electrons. The molecule has 5 rings (SSSR count). The molecule has 7 nitrogen and oxygen atoms in total. The van der Waals surface area contributed by atoms with Crippen LogP contribution in [0.2, 0.25) is 10.0 Å². The van der Waals surface area contributed by atoms with Crippen molar-refractivity contribution in [1.82, 2.24) is 5.01 Å². The standard InChI is InChI=1S/C27H25BrCl2N4O3S/c1-2-36-22-12-15(11-20(28)23(22)37-14-17-8-9-18(29)13-21(17)30)10-19-24(31)34-27(32-25(19)35)38-26(33-34)16-6-4-3-5-7-16/h8-13,16,31H,2-7,14H2,1H3/b19-10-,31-24?. The molecule has 38 heavy (non-hydrogen) atoms. The minimum atomic E-state index is -0.458. The Morgan fingerprint density at radius 2 is 1.97 bits per heavy atom. The summed E-state index contributed by atoms with van der Waals surface area (Å²) in [5.74, 6) is 0.929. The van der Waals surface area contributed by atoms with Crippen molar-refractivity contribution < 1.29 is 14.3 Å². The van der Waals surface area contributed by atoms with Crippen molar-refractivity contribution in [3.63, 3.8) is 0 Å². The van der Waals surface area contributed by atoms with Gasteiger partial charge in [-0.15, -0.1) is 0 Å². The highest BCUT2D eigenvalue weighted by Gasteiger charge is 2.38. The fourth-order valence-electron chi connectivity index (χ4n) is 4.55. The molecular formula is C27H25BrCl2N4O3S. The number of thioether (sulfide) groups is 1. The van der Waals surface area contributed by atoms with Crippen LogP contribution in [-0.4, -0.2) is 33.6 Å². The molecule has 2 heterocycles. The first kappa shape index (κ1) is 27.2. The van der Waals surface area contributed by atoms with Crippen LogP contribution in [0.3, 0.4) is 0 Å². The van der Waals surface area contributed by atoms with Gasteiger partial charge in [-0.2, -0.15) is 15.1 Å². The summed E-state index contributed by atoms with van der Waals surface area (Å²) in [6.45, 7) is 2.50. The zero-order chi connectivity index (χ0) is 26.8. The average Bonchev–Trinajstić information content (AvgIpc) is 3.32. The fourth-order valence-corrected chi connectivity index (χ4v) is 6.65. The lowest BCUT2D eigenvalue weighted by molar-refractivity contribution is -0.114. The lowest BCUT2D eigenvalue weighted by Crippen LogP contribution is -2.35. The number of nitrogens with one attached hydrogen (secondary N) is 1. The van der Waals surface area contributed by atoms with E-state index in [1.807, 2.05) is 19.1 Å². The van der Waals surface area contributed by atoms with Crippen molar-refractivity contribution >= 4 is 78.9 Å². The van der Waals surface area contributed by atoms with Crippen LogP contribution < -0.4 is 9.47 Å². The molecule has 0 aromatic heterocycles. The SMILES string of the molecule is CCOc1cc(/C=C2/C(=N)N3N=C(C4CCCCC4)SC3=NC2=O)cc(Br)c1OCc1ccc(Cl)cc1Cl. The number of nitrogens with zero attached hydrogens (tertiary/aromatic N) is 3. The largest absolute Gasteiger partial charge is 0.490 e. The van der Waals surface area contributed by atoms with E-state index in [2.05, 4.69) is 26.0 Å². The fraction of sp³-hybridized carbons (Fsp3) is 0.333. The van der Waals surface area contributed by atoms with Gasteiger partial charge in [0.25, 0.3) is 5.91 Å². The number of carbonyl (C=O) groups is 1. The first-order valence-corrected chi connectivity index (χ1v) is 14.7. The number of benzene rings is 2. The van der Waals surface area contributed by atoms with Gasteiger partial charge in [0.15, 0.2) is 17.3 Å². The van der Waals surface area contributed by atoms with Gasteiger partial charge >= 0.3 is 0 Å². The number of rotatable bonds is 7. The zero-order valence-electron chi connectivity index (χ0n) is 20.6. The van der Waals surface area contributed by atoms with E-state index < -0.39 is 5.91 Å². The Kier molecular flexibility index (Phi) is 8.47. The van der Waals surface area contributed by atoms with Crippen molar-refractivity contribution in [2.45, 2.75) is 45.6 Å². The molecular weight excluding hydrogens is 611 g/mol. The highest BCUT2D eigenvalue weighted by atomic mass is 79.9. The van der Waals surface area contributed by atoms with Crippen LogP contribution in [0, 0.1) is 11.3 Å². The Labute approximate surface area is 243 Å². The van der Waals surface area contributed by atoms with Gasteiger partial charge in [0.1, 0.15) is 11.7 Å². The van der Waals surface area contributed by atoms with Crippen LogP contribution in [0.1, 0.15) is 50.2 Å². The number of hydrazone groups is 1. The van der Waals surface area contributed by atoms with E-state index in [9.17, 15) is 4.79 Å². The Morgan fingerprint density at radius 3 is 2.71 bits per heavy atom. The lowest BCUT2D eigenvalue weighted by atomic mass is 9.90. The molecule has 1 N–H and O–H groups in total. The van der Waals surface area contributed by atoms with Crippen LogP contribution >= 0.6 is 50.9 Å². The quantitative estimate of drug-likeness (QED) is 0.312. The Balaban J connectivity index is 1.40. The van der Waals surface area contributed by atoms with Gasteiger partial charge in [0.05, 0.1) is 16.7 Å². The maximum Gasteiger partial charge on any atom is 0.283 e. The van der Waals surface area contributed by atoms with E-state index in [4.69, 9.17) is 38.1 Å². The van der Waals surface area contributed by atoms with Crippen LogP contribution in [-0.2, 0) is 11.4 Å². The molecule has 2 aromatic carbocycles. The molecule has 1 fully saturated rings. The van der Waals surface area contributed by atoms with Gasteiger partial charge in [-0.3, -0.25) is 10.2 Å². The van der Waals surface area contributed by atoms with Crippen molar-refractivity contribution in [1.29, 1.82) is 5.41 Å². The molecule has 1 saturated carbocycles. The normalized spacial score (nSPS) is 18.9. The number of ether oxygens (including phenoxy) is 2. The number of carbonyl (C=O) groups excluding carboxylic acids is 1. The summed E-state index contributed by atoms with van der Waals surface area (Å²) < 4.78 is 12.5. The average molecular weight is 636 g/mol. The molecule has 1 aliphatic carbocycles. The molecule has 2 aromatic rings. The third-order valence-electron chi connectivity index (χ3n) is 6.45. The number of fused-ring (bicyclic) bond motifs is 1. The van der Waals surface area contributed by atoms with Gasteiger partial charge in [-0.1, -0.05) is 48.5 Å². The van der Waals surface area contributed by atoms with Crippen molar-refractivity contribution in [2.75, 3.05) is 6.61 Å². The van der Waals surface area contributed by atoms with E-state index in [-0.39, 0.29) is 18.0 Å². The topological polar surface area (TPSA) is 87.3 Å². The second-order valence-corrected chi connectivity index (χ2v) is 11.8. The van der Waals surface area contributed by atoms with E-state index in [1.165, 1.54) is 36.0 Å². The summed E-state index contributed by atoms with van der Waals surface area (Å²) in [6, 6.07) is 8.82. The molecule has 0 radical (unpaired) electrons. The number of halogens is 3. The number of amides is 1. The molecule has 0 atom stereocenters. The number of hydrogen-bond donors (Lipinski definition) is 1. The van der Waals surface area contributed by atoms with Gasteiger partial charge in [0, 0.05) is 21.5 Å². The van der Waals surface area contributed by atoms with Crippen molar-refractivity contribution in [3.8, 4) is 11.5 Å². The third-order valence-corrected chi connectivity index (χ3v) is 8.70. The summed E-state index contributed by atoms with van der Waals surface area (Å²) in [7, 11) is 0. The monoisotopic (exact) mass is 634 g/mol. The van der Waals surface area contributed by atoms with E-state index >= 15 is 0 Å². The number of aliphatic imine (C=N–C) groups is 1. The van der Waals surface area contributed by atoms with Crippen LogP contribution in [0.25, 0.3) is 6.08 Å². The Hall–Kier alpha value is -2.33. The Morgan fingerprint density at radius 1 is 1.18 bits per heavy atom. The molecule has 2 aliphatic heterocycles. The van der Waals surface area contributed by atoms with E-state index in [0.29, 0.717) is 49.3 Å². The van der Waals surface area contributed by atoms with Gasteiger partial charge in [-0.25, -0.2) is 0 Å². The van der Waals surface area contributed by atoms with E-state index in [1.54, 1.807) is 24.3 Å². The summed E-state index contributed by atoms with van der Waals surface area (Å²) in [4.78, 5) is 17.2. The minimum absolute atomic E-state index is 0.0186. The summed E-state index contributed by atoms with van der Waals surface area (Å²) >= 11 is 17.3. The van der Waals surface area contributed by atoms with Gasteiger partial charge in [0.2, 0.25) is 5.17 Å². The van der Waals surface area contributed by atoms with Crippen molar-refractivity contribution in [2.24, 2.45) is 16.0 Å². The second-order valence-electron chi connectivity index (χ2n) is 9.08. The highest BCUT2D eigenvalue weighted by Crippen LogP contribution is 2.40. The minimum Gasteiger partial charge on any atom is -0.490 e. The first-order valence-electron chi connectivity index (χ1n) is 12.4. The molecule has 3 aliphatic rings. The highest BCUT2D eigenvalue weighted by molar-refractivity contribution is 9.10. The van der Waals surface area contributed by atoms with Crippen LogP contribution in [0.4, 0.5) is 0 Å². The van der Waals surface area contributed by atoms with E-state index in [0.717, 1.165) is 23.4 Å². The lowest BCUT2D eigenvalue weighted by Gasteiger charge is -2.20. The zero-order valence-corrected chi connectivity index (χ0v) is 24.5. The van der Waals surface area contributed by atoms with Gasteiger partial charge in [-0.05, 0) is 83.4 Å². The van der Waals surface area contributed by atoms with Crippen LogP contribution in [0.5, 0.6) is 11.5 Å². The predicted molar refractivity (Wildman–Crippen MR) is 158 cm³/mol. The summed E-state index contributed by atoms with van der Waals surface area (Å²) in [6.07, 6.45) is 7.42. The number of hydrogen-bond acceptors (Lipinski definition) is 6. The smallest absolute Gasteiger partial charge is 0.283 e.